The van der Waals surface area contributed by atoms with Crippen LogP contribution in [-0.4, -0.2) is 21.6 Å². The van der Waals surface area contributed by atoms with Crippen LogP contribution in [0.25, 0.3) is 11.6 Å². The van der Waals surface area contributed by atoms with Crippen LogP contribution in [0.4, 0.5) is 5.82 Å². The summed E-state index contributed by atoms with van der Waals surface area (Å²) in [6.45, 7) is 4.26. The van der Waals surface area contributed by atoms with E-state index in [9.17, 15) is 4.79 Å². The first kappa shape index (κ1) is 17.7. The number of aryl methyl sites for hydroxylation is 1. The minimum absolute atomic E-state index is 0.0850. The van der Waals surface area contributed by atoms with Crippen molar-refractivity contribution >= 4 is 46.5 Å². The molecule has 1 N–H and O–H groups in total. The molecule has 6 heteroatoms. The minimum Gasteiger partial charge on any atom is -0.306 e. The average molecular weight is 386 g/mol. The summed E-state index contributed by atoms with van der Waals surface area (Å²) in [7, 11) is 0. The number of hydrogen-bond donors (Lipinski definition) is 1. The number of aromatic nitrogens is 2. The monoisotopic (exact) mass is 385 g/mol. The van der Waals surface area contributed by atoms with Gasteiger partial charge in [0.1, 0.15) is 5.82 Å². The number of amides is 1. The number of rotatable bonds is 4. The van der Waals surface area contributed by atoms with Gasteiger partial charge in [-0.05, 0) is 49.1 Å². The summed E-state index contributed by atoms with van der Waals surface area (Å²) in [6, 6.07) is 2.22. The smallest absolute Gasteiger partial charge is 0.257 e. The molecule has 136 valence electrons. The maximum atomic E-state index is 12.4. The van der Waals surface area contributed by atoms with Crippen LogP contribution in [0.2, 0.25) is 0 Å². The van der Waals surface area contributed by atoms with Crippen LogP contribution in [0.1, 0.15) is 65.8 Å². The molecule has 0 aromatic carbocycles. The molecular weight excluding hydrogens is 362 g/mol. The highest BCUT2D eigenvalue weighted by atomic mass is 32.2. The molecule has 2 aliphatic rings. The van der Waals surface area contributed by atoms with Crippen molar-refractivity contribution in [3.63, 3.8) is 0 Å². The van der Waals surface area contributed by atoms with E-state index in [-0.39, 0.29) is 5.91 Å². The fourth-order valence-electron chi connectivity index (χ4n) is 3.80. The van der Waals surface area contributed by atoms with Gasteiger partial charge in [-0.1, -0.05) is 37.9 Å². The Morgan fingerprint density at radius 1 is 1.35 bits per heavy atom. The molecule has 0 bridgehead atoms. The quantitative estimate of drug-likeness (QED) is 0.429. The largest absolute Gasteiger partial charge is 0.306 e. The number of carbonyl (C=O) groups is 1. The van der Waals surface area contributed by atoms with Crippen molar-refractivity contribution in [3.05, 3.63) is 33.1 Å². The van der Waals surface area contributed by atoms with Crippen molar-refractivity contribution in [1.82, 2.24) is 9.97 Å². The number of carbonyl (C=O) groups excluding carboxylic acids is 1. The summed E-state index contributed by atoms with van der Waals surface area (Å²) in [5.74, 6) is 2.15. The molecule has 2 aromatic rings. The first-order valence-electron chi connectivity index (χ1n) is 9.29. The molecule has 1 amide bonds. The first-order valence-corrected chi connectivity index (χ1v) is 11.1. The van der Waals surface area contributed by atoms with Gasteiger partial charge in [0, 0.05) is 21.5 Å². The summed E-state index contributed by atoms with van der Waals surface area (Å²) in [4.78, 5) is 23.9. The van der Waals surface area contributed by atoms with E-state index in [1.54, 1.807) is 18.0 Å². The van der Waals surface area contributed by atoms with Gasteiger partial charge in [-0.25, -0.2) is 9.97 Å². The maximum Gasteiger partial charge on any atom is 0.257 e. The van der Waals surface area contributed by atoms with Crippen LogP contribution in [0.3, 0.4) is 0 Å². The number of hydrogen-bond acceptors (Lipinski definition) is 5. The predicted octanol–water partition coefficient (Wildman–Crippen LogP) is 5.50. The molecular formula is C20H23N3OS2. The summed E-state index contributed by atoms with van der Waals surface area (Å²) >= 11 is 3.42. The third-order valence-electron chi connectivity index (χ3n) is 5.04. The number of fused-ring (bicyclic) bond motifs is 1. The average Bonchev–Trinajstić information content (AvgIpc) is 3.16. The van der Waals surface area contributed by atoms with Crippen molar-refractivity contribution < 1.29 is 4.79 Å². The van der Waals surface area contributed by atoms with Crippen LogP contribution >= 0.6 is 23.1 Å². The molecule has 4 rings (SSSR count). The number of nitrogens with one attached hydrogen (secondary N) is 1. The van der Waals surface area contributed by atoms with Gasteiger partial charge in [-0.15, -0.1) is 11.3 Å². The molecule has 1 fully saturated rings. The van der Waals surface area contributed by atoms with Gasteiger partial charge < -0.3 is 5.32 Å². The summed E-state index contributed by atoms with van der Waals surface area (Å²) in [5.41, 5.74) is 2.84. The van der Waals surface area contributed by atoms with Crippen molar-refractivity contribution in [2.24, 2.45) is 0 Å². The molecule has 4 nitrogen and oxygen atoms in total. The lowest BCUT2D eigenvalue weighted by atomic mass is 9.87. The molecule has 0 unspecified atom stereocenters. The Labute approximate surface area is 162 Å². The Kier molecular flexibility index (Phi) is 5.14. The summed E-state index contributed by atoms with van der Waals surface area (Å²) < 4.78 is 0. The fraction of sp³-hybridized carbons (Fsp3) is 0.450. The second-order valence-corrected chi connectivity index (χ2v) is 9.24. The van der Waals surface area contributed by atoms with Crippen molar-refractivity contribution in [2.75, 3.05) is 11.1 Å². The Morgan fingerprint density at radius 2 is 2.15 bits per heavy atom. The summed E-state index contributed by atoms with van der Waals surface area (Å²) in [5, 5.41) is 3.59. The lowest BCUT2D eigenvalue weighted by Crippen LogP contribution is -2.04. The molecule has 26 heavy (non-hydrogen) atoms. The van der Waals surface area contributed by atoms with Gasteiger partial charge >= 0.3 is 0 Å². The molecule has 0 spiro atoms. The van der Waals surface area contributed by atoms with E-state index in [4.69, 9.17) is 0 Å². The molecule has 0 atom stereocenters. The van der Waals surface area contributed by atoms with Crippen LogP contribution in [-0.2, 0) is 4.79 Å². The highest BCUT2D eigenvalue weighted by Gasteiger charge is 2.27. The highest BCUT2D eigenvalue weighted by molar-refractivity contribution is 7.99. The summed E-state index contributed by atoms with van der Waals surface area (Å²) in [6.07, 6.45) is 10.4. The van der Waals surface area contributed by atoms with Gasteiger partial charge in [-0.3, -0.25) is 4.79 Å². The minimum atomic E-state index is -0.0850. The number of thioether (sulfide) groups is 1. The first-order chi connectivity index (χ1) is 12.7. The molecule has 0 radical (unpaired) electrons. The maximum absolute atomic E-state index is 12.4. The third kappa shape index (κ3) is 3.45. The van der Waals surface area contributed by atoms with Gasteiger partial charge in [0.15, 0.2) is 5.16 Å². The normalized spacial score (nSPS) is 19.0. The Morgan fingerprint density at radius 3 is 2.92 bits per heavy atom. The zero-order chi connectivity index (χ0) is 18.1. The van der Waals surface area contributed by atoms with Gasteiger partial charge in [0.25, 0.3) is 5.91 Å². The lowest BCUT2D eigenvalue weighted by molar-refractivity contribution is -0.110. The molecule has 2 aromatic heterocycles. The molecule has 1 aliphatic heterocycles. The Bertz CT molecular complexity index is 866. The zero-order valence-electron chi connectivity index (χ0n) is 15.2. The van der Waals surface area contributed by atoms with Gasteiger partial charge in [0.05, 0.1) is 5.57 Å². The number of nitrogens with zero attached hydrogens (tertiary/aromatic N) is 2. The van der Waals surface area contributed by atoms with Gasteiger partial charge in [-0.2, -0.15) is 0 Å². The predicted molar refractivity (Wildman–Crippen MR) is 110 cm³/mol. The third-order valence-corrected chi connectivity index (χ3v) is 7.13. The SMILES string of the molecule is CCSc1ncc2c(n1)NC(=O)C2=Cc1cc(C)c(C2CCCCC2)s1. The van der Waals surface area contributed by atoms with Crippen molar-refractivity contribution in [3.8, 4) is 0 Å². The second kappa shape index (κ2) is 7.53. The van der Waals surface area contributed by atoms with E-state index in [1.165, 1.54) is 42.5 Å². The van der Waals surface area contributed by atoms with Crippen molar-refractivity contribution in [1.29, 1.82) is 0 Å². The molecule has 0 saturated heterocycles. The zero-order valence-corrected chi connectivity index (χ0v) is 16.8. The standard InChI is InChI=1S/C20H23N3OS2/c1-3-25-20-21-11-16-15(19(24)22-18(16)23-20)10-14-9-12(2)17(26-14)13-7-5-4-6-8-13/h9-11,13H,3-8H2,1-2H3,(H,21,22,23,24). The van der Waals surface area contributed by atoms with Crippen LogP contribution in [0.15, 0.2) is 17.4 Å². The van der Waals surface area contributed by atoms with E-state index in [0.29, 0.717) is 22.5 Å². The van der Waals surface area contributed by atoms with E-state index in [0.717, 1.165) is 16.2 Å². The molecule has 1 saturated carbocycles. The van der Waals surface area contributed by atoms with E-state index < -0.39 is 0 Å². The highest BCUT2D eigenvalue weighted by Crippen LogP contribution is 2.40. The second-order valence-electron chi connectivity index (χ2n) is 6.89. The van der Waals surface area contributed by atoms with E-state index in [1.807, 2.05) is 17.4 Å². The topological polar surface area (TPSA) is 54.9 Å². The number of anilines is 1. The molecule has 1 aliphatic carbocycles. The van der Waals surface area contributed by atoms with Gasteiger partial charge in [0.2, 0.25) is 0 Å². The fourth-order valence-corrected chi connectivity index (χ4v) is 5.63. The molecule has 3 heterocycles. The van der Waals surface area contributed by atoms with Crippen molar-refractivity contribution in [2.45, 2.75) is 57.0 Å². The number of thiophene rings is 1. The Hall–Kier alpha value is -1.66. The van der Waals surface area contributed by atoms with Crippen LogP contribution in [0, 0.1) is 6.92 Å². The van der Waals surface area contributed by atoms with Crippen LogP contribution in [0.5, 0.6) is 0 Å². The van der Waals surface area contributed by atoms with E-state index >= 15 is 0 Å². The Balaban J connectivity index is 1.64. The van der Waals surface area contributed by atoms with E-state index in [2.05, 4.69) is 35.2 Å². The lowest BCUT2D eigenvalue weighted by Gasteiger charge is -2.21. The van der Waals surface area contributed by atoms with Crippen LogP contribution < -0.4 is 5.32 Å².